The summed E-state index contributed by atoms with van der Waals surface area (Å²) in [6, 6.07) is 24.5. The summed E-state index contributed by atoms with van der Waals surface area (Å²) in [7, 11) is -5.74. The quantitative estimate of drug-likeness (QED) is 0.392. The predicted octanol–water partition coefficient (Wildman–Crippen LogP) is 3.96. The van der Waals surface area contributed by atoms with E-state index in [4.69, 9.17) is 4.99 Å². The normalized spacial score (nSPS) is 15.4. The highest BCUT2D eigenvalue weighted by Gasteiger charge is 2.31. The van der Waals surface area contributed by atoms with Gasteiger partial charge in [0.1, 0.15) is 22.8 Å². The number of hydrogen-bond donors (Lipinski definition) is 0. The van der Waals surface area contributed by atoms with Crippen molar-refractivity contribution in [3.8, 4) is 0 Å². The van der Waals surface area contributed by atoms with Gasteiger partial charge >= 0.3 is 0 Å². The van der Waals surface area contributed by atoms with E-state index in [1.165, 1.54) is 12.1 Å². The lowest BCUT2D eigenvalue weighted by Crippen LogP contribution is -2.08. The first-order valence-electron chi connectivity index (χ1n) is 9.38. The van der Waals surface area contributed by atoms with Gasteiger partial charge in [-0.1, -0.05) is 66.7 Å². The molecule has 5 rings (SSSR count). The Balaban J connectivity index is 1.85. The van der Waals surface area contributed by atoms with Crippen LogP contribution in [0.15, 0.2) is 116 Å². The second kappa shape index (κ2) is 7.64. The van der Waals surface area contributed by atoms with Crippen molar-refractivity contribution in [2.75, 3.05) is 0 Å². The first-order valence-corrected chi connectivity index (χ1v) is 12.0. The fourth-order valence-corrected chi connectivity index (χ4v) is 6.02. The third-order valence-electron chi connectivity index (χ3n) is 4.85. The average molecular weight is 446 g/mol. The second-order valence-corrected chi connectivity index (χ2v) is 9.97. The van der Waals surface area contributed by atoms with Crippen LogP contribution in [0.4, 0.5) is 5.69 Å². The molecule has 1 unspecified atom stereocenters. The number of nitrogens with zero attached hydrogens (tertiary/aromatic N) is 3. The molecule has 3 aromatic carbocycles. The molecule has 0 spiro atoms. The number of aliphatic imine (C=N–C) groups is 1. The van der Waals surface area contributed by atoms with Crippen molar-refractivity contribution in [2.45, 2.75) is 19.8 Å². The minimum absolute atomic E-state index is 0.000241. The van der Waals surface area contributed by atoms with E-state index in [1.807, 2.05) is 42.5 Å². The first-order chi connectivity index (χ1) is 15.1. The number of sulfone groups is 1. The van der Waals surface area contributed by atoms with Crippen molar-refractivity contribution in [1.29, 1.82) is 0 Å². The standard InChI is InChI=1S/C23H15N3O3S2/c27-30-19-14-8-7-13-18(19)20(16-9-3-1-4-10-16)26-21-22(30)24-15-25-23(21)31(28,29)17-11-5-2-6-12-17/h1-15H. The van der Waals surface area contributed by atoms with E-state index in [1.54, 1.807) is 30.3 Å². The van der Waals surface area contributed by atoms with E-state index in [0.717, 1.165) is 11.9 Å². The minimum Gasteiger partial charge on any atom is -0.247 e. The second-order valence-electron chi connectivity index (χ2n) is 6.74. The fraction of sp³-hybridized carbons (Fsp3) is 0. The molecule has 152 valence electrons. The van der Waals surface area contributed by atoms with Crippen LogP contribution in [0, 0.1) is 0 Å². The van der Waals surface area contributed by atoms with Gasteiger partial charge in [-0.05, 0) is 18.2 Å². The van der Waals surface area contributed by atoms with Crippen LogP contribution in [0.2, 0.25) is 0 Å². The average Bonchev–Trinajstić information content (AvgIpc) is 2.95. The predicted molar refractivity (Wildman–Crippen MR) is 117 cm³/mol. The van der Waals surface area contributed by atoms with Crippen LogP contribution in [-0.2, 0) is 20.6 Å². The molecule has 0 radical (unpaired) electrons. The molecule has 1 aliphatic rings. The SMILES string of the molecule is O=S1c2ccccc2C(c2ccccc2)=Nc2c1ncnc2S(=O)(=O)c1ccccc1. The van der Waals surface area contributed by atoms with Crippen LogP contribution in [-0.4, -0.2) is 28.3 Å². The van der Waals surface area contributed by atoms with E-state index in [0.29, 0.717) is 16.2 Å². The fourth-order valence-electron chi connectivity index (χ4n) is 3.40. The molecule has 0 saturated heterocycles. The van der Waals surface area contributed by atoms with E-state index in [2.05, 4.69) is 9.97 Å². The van der Waals surface area contributed by atoms with Crippen molar-refractivity contribution < 1.29 is 12.6 Å². The summed E-state index contributed by atoms with van der Waals surface area (Å²) in [5.41, 5.74) is 1.95. The van der Waals surface area contributed by atoms with Gasteiger partial charge in [-0.3, -0.25) is 0 Å². The van der Waals surface area contributed by atoms with Gasteiger partial charge in [-0.2, -0.15) is 0 Å². The molecule has 6 nitrogen and oxygen atoms in total. The summed E-state index contributed by atoms with van der Waals surface area (Å²) >= 11 is 0. The monoisotopic (exact) mass is 445 g/mol. The summed E-state index contributed by atoms with van der Waals surface area (Å²) in [6.45, 7) is 0. The summed E-state index contributed by atoms with van der Waals surface area (Å²) in [4.78, 5) is 13.6. The van der Waals surface area contributed by atoms with Crippen LogP contribution in [0.3, 0.4) is 0 Å². The summed E-state index contributed by atoms with van der Waals surface area (Å²) in [5, 5.41) is -0.193. The van der Waals surface area contributed by atoms with Crippen LogP contribution in [0.1, 0.15) is 11.1 Å². The van der Waals surface area contributed by atoms with Crippen molar-refractivity contribution in [3.63, 3.8) is 0 Å². The Morgan fingerprint density at radius 2 is 1.39 bits per heavy atom. The lowest BCUT2D eigenvalue weighted by Gasteiger charge is -2.09. The molecule has 0 fully saturated rings. The van der Waals surface area contributed by atoms with Crippen molar-refractivity contribution in [1.82, 2.24) is 9.97 Å². The van der Waals surface area contributed by atoms with Crippen molar-refractivity contribution >= 4 is 32.0 Å². The highest BCUT2D eigenvalue weighted by Crippen LogP contribution is 2.37. The lowest BCUT2D eigenvalue weighted by molar-refractivity contribution is 0.591. The van der Waals surface area contributed by atoms with Crippen LogP contribution in [0.5, 0.6) is 0 Å². The highest BCUT2D eigenvalue weighted by molar-refractivity contribution is 7.91. The van der Waals surface area contributed by atoms with Gasteiger partial charge in [0.2, 0.25) is 9.84 Å². The van der Waals surface area contributed by atoms with E-state index < -0.39 is 20.6 Å². The molecule has 0 N–H and O–H groups in total. The van der Waals surface area contributed by atoms with Gasteiger partial charge in [-0.15, -0.1) is 0 Å². The van der Waals surface area contributed by atoms with Gasteiger partial charge in [0.25, 0.3) is 0 Å². The number of hydrogen-bond acceptors (Lipinski definition) is 6. The molecule has 2 heterocycles. The number of aromatic nitrogens is 2. The maximum atomic E-state index is 13.5. The zero-order valence-electron chi connectivity index (χ0n) is 16.0. The summed E-state index contributed by atoms with van der Waals surface area (Å²) < 4.78 is 40.2. The maximum absolute atomic E-state index is 13.5. The van der Waals surface area contributed by atoms with Crippen LogP contribution in [0.25, 0.3) is 0 Å². The van der Waals surface area contributed by atoms with Crippen LogP contribution < -0.4 is 0 Å². The molecule has 31 heavy (non-hydrogen) atoms. The Bertz CT molecular complexity index is 1450. The Morgan fingerprint density at radius 1 is 0.742 bits per heavy atom. The molecule has 1 atom stereocenters. The van der Waals surface area contributed by atoms with E-state index >= 15 is 0 Å². The lowest BCUT2D eigenvalue weighted by atomic mass is 10.0. The minimum atomic E-state index is -4.01. The largest absolute Gasteiger partial charge is 0.247 e. The first kappa shape index (κ1) is 19.5. The molecule has 1 aromatic heterocycles. The Kier molecular flexibility index (Phi) is 4.80. The van der Waals surface area contributed by atoms with Gasteiger partial charge in [0.15, 0.2) is 10.1 Å². The molecule has 0 saturated carbocycles. The molecule has 0 aliphatic carbocycles. The van der Waals surface area contributed by atoms with Crippen molar-refractivity contribution in [3.05, 3.63) is 102 Å². The molecule has 4 aromatic rings. The molecular formula is C23H15N3O3S2. The number of fused-ring (bicyclic) bond motifs is 2. The highest BCUT2D eigenvalue weighted by atomic mass is 32.2. The molecule has 8 heteroatoms. The topological polar surface area (TPSA) is 89.3 Å². The Morgan fingerprint density at radius 3 is 2.13 bits per heavy atom. The molecule has 1 aliphatic heterocycles. The smallest absolute Gasteiger partial charge is 0.226 e. The van der Waals surface area contributed by atoms with Gasteiger partial charge in [-0.25, -0.2) is 27.6 Å². The van der Waals surface area contributed by atoms with E-state index in [9.17, 15) is 12.6 Å². The van der Waals surface area contributed by atoms with Gasteiger partial charge in [0, 0.05) is 11.1 Å². The van der Waals surface area contributed by atoms with Crippen molar-refractivity contribution in [2.24, 2.45) is 4.99 Å². The van der Waals surface area contributed by atoms with Gasteiger partial charge < -0.3 is 0 Å². The molecular weight excluding hydrogens is 430 g/mol. The molecule has 0 bridgehead atoms. The summed E-state index contributed by atoms with van der Waals surface area (Å²) in [5.74, 6) is 0. The van der Waals surface area contributed by atoms with E-state index in [-0.39, 0.29) is 20.6 Å². The third-order valence-corrected chi connectivity index (χ3v) is 7.96. The third kappa shape index (κ3) is 3.30. The zero-order valence-corrected chi connectivity index (χ0v) is 17.7. The number of benzene rings is 3. The summed E-state index contributed by atoms with van der Waals surface area (Å²) in [6.07, 6.45) is 1.12. The Labute approximate surface area is 181 Å². The van der Waals surface area contributed by atoms with Gasteiger partial charge in [0.05, 0.1) is 15.5 Å². The maximum Gasteiger partial charge on any atom is 0.226 e. The Hall–Kier alpha value is -3.49. The zero-order chi connectivity index (χ0) is 21.4. The number of rotatable bonds is 3. The molecule has 0 amide bonds. The van der Waals surface area contributed by atoms with Crippen LogP contribution >= 0.6 is 0 Å².